The van der Waals surface area contributed by atoms with Gasteiger partial charge in [0.05, 0.1) is 0 Å². The number of hydrogen-bond donors (Lipinski definition) is 1. The Labute approximate surface area is 77.3 Å². The first-order chi connectivity index (χ1) is 5.54. The van der Waals surface area contributed by atoms with Gasteiger partial charge < -0.3 is 5.32 Å². The van der Waals surface area contributed by atoms with E-state index in [1.165, 1.54) is 18.7 Å². The van der Waals surface area contributed by atoms with Crippen LogP contribution in [0.5, 0.6) is 0 Å². The van der Waals surface area contributed by atoms with Crippen LogP contribution in [-0.4, -0.2) is 23.3 Å². The smallest absolute Gasteiger partial charge is 0.216 e. The van der Waals surface area contributed by atoms with Crippen molar-refractivity contribution < 1.29 is 9.59 Å². The van der Waals surface area contributed by atoms with Crippen LogP contribution in [0.3, 0.4) is 0 Å². The predicted molar refractivity (Wildman–Crippen MR) is 51.0 cm³/mol. The molecule has 0 aliphatic carbocycles. The lowest BCUT2D eigenvalue weighted by atomic mass is 10.4. The first-order valence-electron chi connectivity index (χ1n) is 3.95. The minimum absolute atomic E-state index is 0.0485. The number of thioether (sulfide) groups is 1. The Morgan fingerprint density at radius 3 is 2.42 bits per heavy atom. The van der Waals surface area contributed by atoms with Gasteiger partial charge in [0.2, 0.25) is 5.91 Å². The Morgan fingerprint density at radius 1 is 1.42 bits per heavy atom. The van der Waals surface area contributed by atoms with Gasteiger partial charge in [-0.25, -0.2) is 0 Å². The molecule has 12 heavy (non-hydrogen) atoms. The van der Waals surface area contributed by atoms with Crippen LogP contribution in [0.4, 0.5) is 0 Å². The van der Waals surface area contributed by atoms with Gasteiger partial charge in [0.1, 0.15) is 0 Å². The standard InChI is InChI=1S/C8H15NO2S/c1-6(2)8(11)12-5-4-9-7(3)10/h6H,4-5H2,1-3H3,(H,9,10)/i8+1. The van der Waals surface area contributed by atoms with Crippen molar-refractivity contribution in [3.63, 3.8) is 0 Å². The Balaban J connectivity index is 3.32. The number of amides is 1. The second-order valence-corrected chi connectivity index (χ2v) is 3.90. The molecule has 0 atom stereocenters. The average molecular weight is 190 g/mol. The van der Waals surface area contributed by atoms with Crippen molar-refractivity contribution in [3.05, 3.63) is 0 Å². The molecule has 0 aliphatic heterocycles. The van der Waals surface area contributed by atoms with E-state index in [9.17, 15) is 9.59 Å². The number of carbonyl (C=O) groups excluding carboxylic acids is 2. The third-order valence-corrected chi connectivity index (χ3v) is 2.36. The van der Waals surface area contributed by atoms with Crippen molar-refractivity contribution in [2.45, 2.75) is 20.8 Å². The van der Waals surface area contributed by atoms with E-state index in [2.05, 4.69) is 5.32 Å². The summed E-state index contributed by atoms with van der Waals surface area (Å²) in [6, 6.07) is 0. The first kappa shape index (κ1) is 11.5. The van der Waals surface area contributed by atoms with Crippen molar-refractivity contribution >= 4 is 22.8 Å². The van der Waals surface area contributed by atoms with Gasteiger partial charge in [0, 0.05) is 25.1 Å². The van der Waals surface area contributed by atoms with Gasteiger partial charge in [0.25, 0.3) is 0 Å². The normalized spacial score (nSPS) is 10.0. The molecule has 0 radical (unpaired) electrons. The molecule has 0 saturated heterocycles. The van der Waals surface area contributed by atoms with Crippen molar-refractivity contribution in [1.29, 1.82) is 0 Å². The monoisotopic (exact) mass is 190 g/mol. The maximum atomic E-state index is 11.0. The summed E-state index contributed by atoms with van der Waals surface area (Å²) in [5, 5.41) is 2.81. The van der Waals surface area contributed by atoms with Crippen molar-refractivity contribution in [2.75, 3.05) is 12.3 Å². The quantitative estimate of drug-likeness (QED) is 0.532. The Bertz CT molecular complexity index is 168. The lowest BCUT2D eigenvalue weighted by molar-refractivity contribution is -0.119. The van der Waals surface area contributed by atoms with Gasteiger partial charge >= 0.3 is 0 Å². The SMILES string of the molecule is CC(=O)NCCS[13C](=O)C(C)C. The van der Waals surface area contributed by atoms with Gasteiger partial charge in [0.15, 0.2) is 5.12 Å². The molecule has 0 spiro atoms. The molecule has 3 nitrogen and oxygen atoms in total. The summed E-state index contributed by atoms with van der Waals surface area (Å²) in [6.45, 7) is 5.77. The van der Waals surface area contributed by atoms with E-state index in [0.29, 0.717) is 12.3 Å². The van der Waals surface area contributed by atoms with Gasteiger partial charge in [-0.05, 0) is 0 Å². The maximum Gasteiger partial charge on any atom is 0.216 e. The molecular formula is C8H15NO2S. The third-order valence-electron chi connectivity index (χ3n) is 1.19. The van der Waals surface area contributed by atoms with Crippen molar-refractivity contribution in [2.24, 2.45) is 5.92 Å². The van der Waals surface area contributed by atoms with Crippen LogP contribution in [0, 0.1) is 5.92 Å². The minimum Gasteiger partial charge on any atom is -0.356 e. The molecule has 0 heterocycles. The Morgan fingerprint density at radius 2 is 2.00 bits per heavy atom. The van der Waals surface area contributed by atoms with Crippen LogP contribution < -0.4 is 5.32 Å². The van der Waals surface area contributed by atoms with Crippen LogP contribution in [0.2, 0.25) is 0 Å². The highest BCUT2D eigenvalue weighted by Crippen LogP contribution is 2.08. The van der Waals surface area contributed by atoms with E-state index >= 15 is 0 Å². The second-order valence-electron chi connectivity index (χ2n) is 2.81. The fourth-order valence-electron chi connectivity index (χ4n) is 0.545. The number of carbonyl (C=O) groups is 2. The average Bonchev–Trinajstić information content (AvgIpc) is 1.97. The summed E-state index contributed by atoms with van der Waals surface area (Å²) in [5.74, 6) is 0.691. The molecule has 1 amide bonds. The third kappa shape index (κ3) is 6.22. The second kappa shape index (κ2) is 6.06. The number of nitrogens with one attached hydrogen (secondary N) is 1. The Hall–Kier alpha value is -0.510. The fourth-order valence-corrected chi connectivity index (χ4v) is 1.28. The lowest BCUT2D eigenvalue weighted by Gasteiger charge is -2.03. The van der Waals surface area contributed by atoms with E-state index < -0.39 is 0 Å². The lowest BCUT2D eigenvalue weighted by Crippen LogP contribution is -2.23. The van der Waals surface area contributed by atoms with E-state index in [0.717, 1.165) is 0 Å². The van der Waals surface area contributed by atoms with Crippen LogP contribution in [-0.2, 0) is 9.59 Å². The van der Waals surface area contributed by atoms with Gasteiger partial charge in [-0.2, -0.15) is 0 Å². The van der Waals surface area contributed by atoms with Crippen LogP contribution in [0.25, 0.3) is 0 Å². The summed E-state index contributed by atoms with van der Waals surface area (Å²) in [7, 11) is 0. The molecule has 0 bridgehead atoms. The highest BCUT2D eigenvalue weighted by atomic mass is 32.2. The van der Waals surface area contributed by atoms with E-state index in [1.54, 1.807) is 0 Å². The van der Waals surface area contributed by atoms with E-state index in [1.807, 2.05) is 13.8 Å². The van der Waals surface area contributed by atoms with Crippen LogP contribution >= 0.6 is 11.8 Å². The molecule has 0 fully saturated rings. The molecule has 1 N–H and O–H groups in total. The van der Waals surface area contributed by atoms with Crippen LogP contribution in [0.1, 0.15) is 20.8 Å². The minimum atomic E-state index is -0.0485. The number of hydrogen-bond acceptors (Lipinski definition) is 3. The summed E-state index contributed by atoms with van der Waals surface area (Å²) in [4.78, 5) is 21.5. The highest BCUT2D eigenvalue weighted by Gasteiger charge is 2.06. The van der Waals surface area contributed by atoms with Gasteiger partial charge in [-0.3, -0.25) is 9.59 Å². The summed E-state index contributed by atoms with van der Waals surface area (Å²) in [5.41, 5.74) is 0. The van der Waals surface area contributed by atoms with Gasteiger partial charge in [-0.15, -0.1) is 0 Å². The summed E-state index contributed by atoms with van der Waals surface area (Å²) >= 11 is 1.27. The fraction of sp³-hybridized carbons (Fsp3) is 0.750. The van der Waals surface area contributed by atoms with Crippen molar-refractivity contribution in [3.8, 4) is 0 Å². The number of rotatable bonds is 4. The molecule has 0 aromatic heterocycles. The molecule has 4 heteroatoms. The largest absolute Gasteiger partial charge is 0.356 e. The molecule has 70 valence electrons. The van der Waals surface area contributed by atoms with E-state index in [-0.39, 0.29) is 16.9 Å². The maximum absolute atomic E-state index is 11.0. The van der Waals surface area contributed by atoms with Gasteiger partial charge in [-0.1, -0.05) is 25.6 Å². The summed E-state index contributed by atoms with van der Waals surface area (Å²) < 4.78 is 0. The molecule has 0 aromatic carbocycles. The van der Waals surface area contributed by atoms with Crippen molar-refractivity contribution in [1.82, 2.24) is 5.32 Å². The molecule has 0 aromatic rings. The molecule has 0 saturated carbocycles. The zero-order chi connectivity index (χ0) is 9.56. The molecule has 0 unspecified atom stereocenters. The zero-order valence-corrected chi connectivity index (χ0v) is 8.53. The molecule has 0 rings (SSSR count). The zero-order valence-electron chi connectivity index (χ0n) is 7.72. The van der Waals surface area contributed by atoms with E-state index in [4.69, 9.17) is 0 Å². The van der Waals surface area contributed by atoms with Crippen LogP contribution in [0.15, 0.2) is 0 Å². The molecule has 0 aliphatic rings. The first-order valence-corrected chi connectivity index (χ1v) is 4.93. The Kier molecular flexibility index (Phi) is 5.80. The summed E-state index contributed by atoms with van der Waals surface area (Å²) in [6.07, 6.45) is 0. The highest BCUT2D eigenvalue weighted by molar-refractivity contribution is 8.13. The predicted octanol–water partition coefficient (Wildman–Crippen LogP) is 1.04. The topological polar surface area (TPSA) is 46.2 Å². The molecular weight excluding hydrogens is 175 g/mol.